The van der Waals surface area contributed by atoms with E-state index in [1.165, 1.54) is 23.9 Å². The first-order valence-electron chi connectivity index (χ1n) is 7.81. The van der Waals surface area contributed by atoms with Crippen molar-refractivity contribution in [2.75, 3.05) is 11.5 Å². The van der Waals surface area contributed by atoms with E-state index in [9.17, 15) is 17.6 Å². The number of nitrogens with zero attached hydrogens (tertiary/aromatic N) is 2. The molecule has 1 amide bonds. The molecule has 3 rings (SSSR count). The van der Waals surface area contributed by atoms with Crippen LogP contribution in [0.4, 0.5) is 4.39 Å². The normalized spacial score (nSPS) is 20.3. The second-order valence-electron chi connectivity index (χ2n) is 5.93. The van der Waals surface area contributed by atoms with Gasteiger partial charge in [-0.05, 0) is 31.5 Å². The van der Waals surface area contributed by atoms with Crippen LogP contribution >= 0.6 is 11.8 Å². The molecule has 1 aromatic carbocycles. The largest absolute Gasteiger partial charge is 0.351 e. The van der Waals surface area contributed by atoms with Gasteiger partial charge in [0.25, 0.3) is 0 Å². The Labute approximate surface area is 149 Å². The average molecular weight is 383 g/mol. The van der Waals surface area contributed by atoms with Crippen molar-refractivity contribution in [3.8, 4) is 5.69 Å². The Morgan fingerprint density at radius 1 is 1.48 bits per heavy atom. The fraction of sp³-hybridized carbons (Fsp3) is 0.375. The van der Waals surface area contributed by atoms with Crippen molar-refractivity contribution in [2.24, 2.45) is 0 Å². The van der Waals surface area contributed by atoms with Crippen LogP contribution in [0.15, 0.2) is 41.8 Å². The van der Waals surface area contributed by atoms with Gasteiger partial charge in [-0.25, -0.2) is 17.8 Å². The highest BCUT2D eigenvalue weighted by Gasteiger charge is 2.30. The molecule has 9 heteroatoms. The van der Waals surface area contributed by atoms with Crippen LogP contribution in [-0.2, 0) is 14.6 Å². The molecule has 25 heavy (non-hydrogen) atoms. The maximum absolute atomic E-state index is 13.4. The Morgan fingerprint density at radius 2 is 2.28 bits per heavy atom. The number of carbonyl (C=O) groups excluding carboxylic acids is 1. The van der Waals surface area contributed by atoms with Gasteiger partial charge in [0, 0.05) is 18.4 Å². The lowest BCUT2D eigenvalue weighted by atomic mass is 10.2. The standard InChI is InChI=1S/C16H18FN3O3S2/c1-11(15(21)19-13-5-8-25(22,23)10-13)24-16-18-6-7-20(16)14-4-2-3-12(17)9-14/h2-4,6-7,9,11,13H,5,8,10H2,1H3,(H,19,21). The monoisotopic (exact) mass is 383 g/mol. The predicted molar refractivity (Wildman–Crippen MR) is 94.0 cm³/mol. The third-order valence-electron chi connectivity index (χ3n) is 3.92. The van der Waals surface area contributed by atoms with Gasteiger partial charge < -0.3 is 5.32 Å². The van der Waals surface area contributed by atoms with Gasteiger partial charge in [0.1, 0.15) is 5.82 Å². The lowest BCUT2D eigenvalue weighted by Gasteiger charge is -2.16. The van der Waals surface area contributed by atoms with E-state index in [4.69, 9.17) is 0 Å². The number of imidazole rings is 1. The van der Waals surface area contributed by atoms with E-state index in [-0.39, 0.29) is 29.3 Å². The van der Waals surface area contributed by atoms with Gasteiger partial charge in [-0.15, -0.1) is 0 Å². The summed E-state index contributed by atoms with van der Waals surface area (Å²) in [6.07, 6.45) is 3.73. The molecule has 0 radical (unpaired) electrons. The van der Waals surface area contributed by atoms with Crippen LogP contribution in [0.3, 0.4) is 0 Å². The molecule has 2 unspecified atom stereocenters. The molecule has 0 saturated carbocycles. The Balaban J connectivity index is 1.66. The molecule has 6 nitrogen and oxygen atoms in total. The van der Waals surface area contributed by atoms with Crippen LogP contribution in [0.1, 0.15) is 13.3 Å². The molecule has 2 aromatic rings. The lowest BCUT2D eigenvalue weighted by Crippen LogP contribution is -2.40. The Hall–Kier alpha value is -1.87. The van der Waals surface area contributed by atoms with Gasteiger partial charge in [-0.1, -0.05) is 17.8 Å². The van der Waals surface area contributed by atoms with Gasteiger partial charge in [0.15, 0.2) is 15.0 Å². The molecule has 134 valence electrons. The number of sulfone groups is 1. The molecule has 2 heterocycles. The highest BCUT2D eigenvalue weighted by Crippen LogP contribution is 2.25. The summed E-state index contributed by atoms with van der Waals surface area (Å²) in [6, 6.07) is 5.78. The van der Waals surface area contributed by atoms with Crippen LogP contribution in [0.2, 0.25) is 0 Å². The van der Waals surface area contributed by atoms with Crippen molar-refractivity contribution in [2.45, 2.75) is 29.8 Å². The van der Waals surface area contributed by atoms with E-state index in [0.717, 1.165) is 0 Å². The summed E-state index contributed by atoms with van der Waals surface area (Å²) in [5.74, 6) is -0.478. The van der Waals surface area contributed by atoms with Crippen LogP contribution in [0.5, 0.6) is 0 Å². The number of thioether (sulfide) groups is 1. The molecule has 0 aliphatic carbocycles. The SMILES string of the molecule is CC(Sc1nccn1-c1cccc(F)c1)C(=O)NC1CCS(=O)(=O)C1. The topological polar surface area (TPSA) is 81.1 Å². The van der Waals surface area contributed by atoms with Gasteiger partial charge >= 0.3 is 0 Å². The van der Waals surface area contributed by atoms with E-state index in [0.29, 0.717) is 17.3 Å². The van der Waals surface area contributed by atoms with Crippen molar-refractivity contribution in [1.29, 1.82) is 0 Å². The van der Waals surface area contributed by atoms with Crippen molar-refractivity contribution in [3.63, 3.8) is 0 Å². The Bertz CT molecular complexity index is 882. The zero-order valence-corrected chi connectivity index (χ0v) is 15.2. The number of nitrogens with one attached hydrogen (secondary N) is 1. The van der Waals surface area contributed by atoms with Crippen molar-refractivity contribution >= 4 is 27.5 Å². The van der Waals surface area contributed by atoms with Gasteiger partial charge in [0.2, 0.25) is 5.91 Å². The Morgan fingerprint density at radius 3 is 2.96 bits per heavy atom. The van der Waals surface area contributed by atoms with Crippen LogP contribution in [0.25, 0.3) is 5.69 Å². The second kappa shape index (κ2) is 7.17. The van der Waals surface area contributed by atoms with Crippen molar-refractivity contribution in [1.82, 2.24) is 14.9 Å². The van der Waals surface area contributed by atoms with Gasteiger partial charge in [-0.2, -0.15) is 0 Å². The number of halogens is 1. The fourth-order valence-electron chi connectivity index (χ4n) is 2.64. The van der Waals surface area contributed by atoms with E-state index >= 15 is 0 Å². The van der Waals surface area contributed by atoms with E-state index in [1.54, 1.807) is 36.0 Å². The first kappa shape index (κ1) is 17.9. The van der Waals surface area contributed by atoms with Gasteiger partial charge in [0.05, 0.1) is 22.4 Å². The smallest absolute Gasteiger partial charge is 0.233 e. The maximum Gasteiger partial charge on any atom is 0.233 e. The number of benzene rings is 1. The molecule has 2 atom stereocenters. The highest BCUT2D eigenvalue weighted by molar-refractivity contribution is 8.00. The third kappa shape index (κ3) is 4.40. The van der Waals surface area contributed by atoms with E-state index in [1.807, 2.05) is 0 Å². The Kier molecular flexibility index (Phi) is 5.14. The molecular formula is C16H18FN3O3S2. The highest BCUT2D eigenvalue weighted by atomic mass is 32.2. The zero-order valence-electron chi connectivity index (χ0n) is 13.6. The quantitative estimate of drug-likeness (QED) is 0.797. The van der Waals surface area contributed by atoms with Crippen molar-refractivity contribution < 1.29 is 17.6 Å². The van der Waals surface area contributed by atoms with Crippen LogP contribution in [0, 0.1) is 5.82 Å². The van der Waals surface area contributed by atoms with E-state index < -0.39 is 15.1 Å². The van der Waals surface area contributed by atoms with Crippen molar-refractivity contribution in [3.05, 3.63) is 42.5 Å². The molecular weight excluding hydrogens is 365 g/mol. The molecule has 1 N–H and O–H groups in total. The molecule has 0 bridgehead atoms. The molecule has 1 fully saturated rings. The minimum Gasteiger partial charge on any atom is -0.351 e. The average Bonchev–Trinajstić information content (AvgIpc) is 3.13. The van der Waals surface area contributed by atoms with E-state index in [2.05, 4.69) is 10.3 Å². The van der Waals surface area contributed by atoms with Crippen LogP contribution < -0.4 is 5.32 Å². The minimum absolute atomic E-state index is 0.00591. The molecule has 0 spiro atoms. The minimum atomic E-state index is -3.04. The number of hydrogen-bond acceptors (Lipinski definition) is 5. The summed E-state index contributed by atoms with van der Waals surface area (Å²) < 4.78 is 38.1. The molecule has 1 aromatic heterocycles. The summed E-state index contributed by atoms with van der Waals surface area (Å²) in [5, 5.41) is 2.88. The number of aromatic nitrogens is 2. The lowest BCUT2D eigenvalue weighted by molar-refractivity contribution is -0.120. The molecule has 1 aliphatic heterocycles. The summed E-state index contributed by atoms with van der Waals surface area (Å²) in [4.78, 5) is 16.5. The molecule has 1 aliphatic rings. The summed E-state index contributed by atoms with van der Waals surface area (Å²) in [7, 11) is -3.04. The summed E-state index contributed by atoms with van der Waals surface area (Å²) in [5.41, 5.74) is 0.620. The number of rotatable bonds is 5. The third-order valence-corrected chi connectivity index (χ3v) is 6.77. The van der Waals surface area contributed by atoms with Crippen LogP contribution in [-0.4, -0.2) is 46.7 Å². The first-order chi connectivity index (χ1) is 11.8. The number of amides is 1. The summed E-state index contributed by atoms with van der Waals surface area (Å²) >= 11 is 1.24. The predicted octanol–water partition coefficient (Wildman–Crippen LogP) is 1.80. The first-order valence-corrected chi connectivity index (χ1v) is 10.5. The fourth-order valence-corrected chi connectivity index (χ4v) is 5.20. The second-order valence-corrected chi connectivity index (χ2v) is 9.46. The summed E-state index contributed by atoms with van der Waals surface area (Å²) in [6.45, 7) is 1.73. The zero-order chi connectivity index (χ0) is 18.0. The number of carbonyl (C=O) groups is 1. The molecule has 1 saturated heterocycles. The van der Waals surface area contributed by atoms with Gasteiger partial charge in [-0.3, -0.25) is 9.36 Å². The number of hydrogen-bond donors (Lipinski definition) is 1. The maximum atomic E-state index is 13.4.